The van der Waals surface area contributed by atoms with Gasteiger partial charge in [-0.1, -0.05) is 26.7 Å². The lowest BCUT2D eigenvalue weighted by Crippen LogP contribution is -2.46. The summed E-state index contributed by atoms with van der Waals surface area (Å²) in [7, 11) is 0. The molecule has 0 aromatic rings. The molecule has 2 N–H and O–H groups in total. The molecule has 3 nitrogen and oxygen atoms in total. The number of aliphatic hydroxyl groups is 1. The van der Waals surface area contributed by atoms with Crippen LogP contribution in [0.4, 0.5) is 0 Å². The number of thioether (sulfide) groups is 1. The molecule has 4 heteroatoms. The third-order valence-electron chi connectivity index (χ3n) is 3.81. The molecule has 0 radical (unpaired) electrons. The maximum absolute atomic E-state index is 11.8. The van der Waals surface area contributed by atoms with E-state index >= 15 is 0 Å². The summed E-state index contributed by atoms with van der Waals surface area (Å²) in [5.41, 5.74) is -0.132. The summed E-state index contributed by atoms with van der Waals surface area (Å²) < 4.78 is 0. The van der Waals surface area contributed by atoms with E-state index in [1.807, 2.05) is 13.2 Å². The van der Waals surface area contributed by atoms with Gasteiger partial charge in [0, 0.05) is 23.6 Å². The van der Waals surface area contributed by atoms with Gasteiger partial charge in [0.15, 0.2) is 0 Å². The molecule has 1 aliphatic carbocycles. The standard InChI is InChI=1S/C13H25NO2S/c1-10(8-17-3)12(16)14-9-13(2)7-5-4-6-11(13)15/h10-11,15H,4-9H2,1-3H3,(H,14,16)/t10-,11+,13-/m0/s1. The van der Waals surface area contributed by atoms with Crippen LogP contribution in [-0.4, -0.2) is 35.7 Å². The van der Waals surface area contributed by atoms with Gasteiger partial charge in [0.05, 0.1) is 6.10 Å². The molecule has 1 saturated carbocycles. The van der Waals surface area contributed by atoms with Crippen LogP contribution in [0.25, 0.3) is 0 Å². The normalized spacial score (nSPS) is 30.9. The van der Waals surface area contributed by atoms with Crippen LogP contribution in [0, 0.1) is 11.3 Å². The zero-order chi connectivity index (χ0) is 12.9. The predicted molar refractivity (Wildman–Crippen MR) is 73.1 cm³/mol. The Morgan fingerprint density at radius 3 is 2.88 bits per heavy atom. The van der Waals surface area contributed by atoms with E-state index in [9.17, 15) is 9.90 Å². The van der Waals surface area contributed by atoms with E-state index in [1.165, 1.54) is 0 Å². The Labute approximate surface area is 109 Å². The van der Waals surface area contributed by atoms with E-state index in [0.717, 1.165) is 31.4 Å². The lowest BCUT2D eigenvalue weighted by Gasteiger charge is -2.38. The molecule has 0 aromatic heterocycles. The van der Waals surface area contributed by atoms with Crippen LogP contribution in [0.2, 0.25) is 0 Å². The number of hydrogen-bond acceptors (Lipinski definition) is 3. The molecule has 3 atom stereocenters. The van der Waals surface area contributed by atoms with Crippen LogP contribution in [0.1, 0.15) is 39.5 Å². The molecule has 0 aromatic carbocycles. The largest absolute Gasteiger partial charge is 0.392 e. The lowest BCUT2D eigenvalue weighted by atomic mass is 9.73. The SMILES string of the molecule is CSC[C@H](C)C(=O)NC[C@]1(C)CCCC[C@H]1O. The molecule has 0 unspecified atom stereocenters. The highest BCUT2D eigenvalue weighted by Crippen LogP contribution is 2.35. The summed E-state index contributed by atoms with van der Waals surface area (Å²) in [6, 6.07) is 0. The highest BCUT2D eigenvalue weighted by Gasteiger charge is 2.35. The minimum atomic E-state index is -0.271. The number of carbonyl (C=O) groups is 1. The van der Waals surface area contributed by atoms with Crippen molar-refractivity contribution in [2.75, 3.05) is 18.6 Å². The summed E-state index contributed by atoms with van der Waals surface area (Å²) >= 11 is 1.69. The van der Waals surface area contributed by atoms with Gasteiger partial charge in [0.25, 0.3) is 0 Å². The first-order valence-corrected chi connectivity index (χ1v) is 7.83. The van der Waals surface area contributed by atoms with Crippen LogP contribution >= 0.6 is 11.8 Å². The molecule has 1 amide bonds. The maximum Gasteiger partial charge on any atom is 0.223 e. The van der Waals surface area contributed by atoms with Crippen molar-refractivity contribution in [1.82, 2.24) is 5.32 Å². The number of amides is 1. The van der Waals surface area contributed by atoms with Gasteiger partial charge in [-0.25, -0.2) is 0 Å². The third kappa shape index (κ3) is 4.18. The van der Waals surface area contributed by atoms with Gasteiger partial charge < -0.3 is 10.4 Å². The first kappa shape index (κ1) is 14.8. The van der Waals surface area contributed by atoms with Crippen molar-refractivity contribution in [2.24, 2.45) is 11.3 Å². The smallest absolute Gasteiger partial charge is 0.223 e. The Morgan fingerprint density at radius 1 is 1.59 bits per heavy atom. The average Bonchev–Trinajstić information content (AvgIpc) is 2.30. The number of nitrogens with one attached hydrogen (secondary N) is 1. The van der Waals surface area contributed by atoms with Crippen molar-refractivity contribution in [3.63, 3.8) is 0 Å². The van der Waals surface area contributed by atoms with Crippen LogP contribution in [0.15, 0.2) is 0 Å². The van der Waals surface area contributed by atoms with Crippen LogP contribution in [0.5, 0.6) is 0 Å². The van der Waals surface area contributed by atoms with Gasteiger partial charge >= 0.3 is 0 Å². The van der Waals surface area contributed by atoms with Crippen molar-refractivity contribution in [2.45, 2.75) is 45.6 Å². The van der Waals surface area contributed by atoms with Crippen molar-refractivity contribution >= 4 is 17.7 Å². The molecule has 0 spiro atoms. The molecule has 1 fully saturated rings. The molecular formula is C13H25NO2S. The fourth-order valence-electron chi connectivity index (χ4n) is 2.38. The Bertz CT molecular complexity index is 260. The van der Waals surface area contributed by atoms with Gasteiger partial charge in [-0.3, -0.25) is 4.79 Å². The van der Waals surface area contributed by atoms with E-state index in [4.69, 9.17) is 0 Å². The summed E-state index contributed by atoms with van der Waals surface area (Å²) in [4.78, 5) is 11.8. The highest BCUT2D eigenvalue weighted by molar-refractivity contribution is 7.98. The Hall–Kier alpha value is -0.220. The van der Waals surface area contributed by atoms with Gasteiger partial charge in [0.1, 0.15) is 0 Å². The van der Waals surface area contributed by atoms with E-state index in [2.05, 4.69) is 12.2 Å². The Morgan fingerprint density at radius 2 is 2.29 bits per heavy atom. The first-order valence-electron chi connectivity index (χ1n) is 6.44. The first-order chi connectivity index (χ1) is 7.99. The number of hydrogen-bond donors (Lipinski definition) is 2. The Kier molecular flexibility index (Phi) is 5.80. The molecule has 100 valence electrons. The summed E-state index contributed by atoms with van der Waals surface area (Å²) in [5.74, 6) is 1.01. The Balaban J connectivity index is 2.40. The van der Waals surface area contributed by atoms with Crippen molar-refractivity contribution < 1.29 is 9.90 Å². The van der Waals surface area contributed by atoms with Gasteiger partial charge in [-0.2, -0.15) is 11.8 Å². The van der Waals surface area contributed by atoms with E-state index in [1.54, 1.807) is 11.8 Å². The van der Waals surface area contributed by atoms with Crippen molar-refractivity contribution in [3.8, 4) is 0 Å². The maximum atomic E-state index is 11.8. The second kappa shape index (κ2) is 6.64. The average molecular weight is 259 g/mol. The molecule has 0 saturated heterocycles. The second-order valence-corrected chi connectivity index (χ2v) is 6.40. The van der Waals surface area contributed by atoms with Gasteiger partial charge in [0.2, 0.25) is 5.91 Å². The van der Waals surface area contributed by atoms with E-state index in [0.29, 0.717) is 6.54 Å². The lowest BCUT2D eigenvalue weighted by molar-refractivity contribution is -0.125. The summed E-state index contributed by atoms with van der Waals surface area (Å²) in [5, 5.41) is 13.0. The minimum Gasteiger partial charge on any atom is -0.392 e. The zero-order valence-electron chi connectivity index (χ0n) is 11.2. The summed E-state index contributed by atoms with van der Waals surface area (Å²) in [6.07, 6.45) is 5.87. The molecule has 17 heavy (non-hydrogen) atoms. The fraction of sp³-hybridized carbons (Fsp3) is 0.923. The summed E-state index contributed by atoms with van der Waals surface area (Å²) in [6.45, 7) is 4.63. The zero-order valence-corrected chi connectivity index (χ0v) is 12.0. The number of carbonyl (C=O) groups excluding carboxylic acids is 1. The molecule has 1 rings (SSSR count). The van der Waals surface area contributed by atoms with Gasteiger partial charge in [-0.05, 0) is 19.1 Å². The second-order valence-electron chi connectivity index (χ2n) is 5.49. The number of aliphatic hydroxyl groups excluding tert-OH is 1. The van der Waals surface area contributed by atoms with Crippen LogP contribution < -0.4 is 5.32 Å². The molecular weight excluding hydrogens is 234 g/mol. The molecule has 0 aliphatic heterocycles. The van der Waals surface area contributed by atoms with Crippen LogP contribution in [-0.2, 0) is 4.79 Å². The predicted octanol–water partition coefficient (Wildman–Crippen LogP) is 2.04. The number of rotatable bonds is 5. The monoisotopic (exact) mass is 259 g/mol. The fourth-order valence-corrected chi connectivity index (χ4v) is 3.03. The van der Waals surface area contributed by atoms with Crippen molar-refractivity contribution in [3.05, 3.63) is 0 Å². The third-order valence-corrected chi connectivity index (χ3v) is 4.64. The minimum absolute atomic E-state index is 0.0503. The molecule has 1 aliphatic rings. The quantitative estimate of drug-likeness (QED) is 0.794. The van der Waals surface area contributed by atoms with Crippen molar-refractivity contribution in [1.29, 1.82) is 0 Å². The highest BCUT2D eigenvalue weighted by atomic mass is 32.2. The molecule has 0 heterocycles. The van der Waals surface area contributed by atoms with Gasteiger partial charge in [-0.15, -0.1) is 0 Å². The van der Waals surface area contributed by atoms with Crippen LogP contribution in [0.3, 0.4) is 0 Å². The van der Waals surface area contributed by atoms with E-state index in [-0.39, 0.29) is 23.3 Å². The molecule has 0 bridgehead atoms. The topological polar surface area (TPSA) is 49.3 Å². The van der Waals surface area contributed by atoms with E-state index < -0.39 is 0 Å².